The van der Waals surface area contributed by atoms with E-state index in [0.717, 1.165) is 22.6 Å². The summed E-state index contributed by atoms with van der Waals surface area (Å²) in [5.74, 6) is 0.481. The normalized spacial score (nSPS) is 10.7. The SMILES string of the molecule is Cc1cc(CNC(=O)CCc2c(C)noc2C)ccc1F. The molecule has 0 aliphatic carbocycles. The molecule has 0 unspecified atom stereocenters. The molecule has 112 valence electrons. The van der Waals surface area contributed by atoms with Crippen molar-refractivity contribution in [2.24, 2.45) is 0 Å². The highest BCUT2D eigenvalue weighted by molar-refractivity contribution is 5.76. The lowest BCUT2D eigenvalue weighted by molar-refractivity contribution is -0.121. The number of hydrogen-bond acceptors (Lipinski definition) is 3. The Morgan fingerprint density at radius 3 is 2.71 bits per heavy atom. The van der Waals surface area contributed by atoms with Gasteiger partial charge in [-0.2, -0.15) is 0 Å². The van der Waals surface area contributed by atoms with Crippen LogP contribution in [-0.2, 0) is 17.8 Å². The summed E-state index contributed by atoms with van der Waals surface area (Å²) in [5, 5.41) is 6.70. The molecule has 0 radical (unpaired) electrons. The number of aromatic nitrogens is 1. The van der Waals surface area contributed by atoms with Crippen LogP contribution >= 0.6 is 0 Å². The van der Waals surface area contributed by atoms with E-state index in [1.165, 1.54) is 6.07 Å². The molecular formula is C16H19FN2O2. The van der Waals surface area contributed by atoms with E-state index < -0.39 is 0 Å². The van der Waals surface area contributed by atoms with Crippen LogP contribution < -0.4 is 5.32 Å². The summed E-state index contributed by atoms with van der Waals surface area (Å²) in [4.78, 5) is 11.8. The zero-order valence-corrected chi connectivity index (χ0v) is 12.5. The van der Waals surface area contributed by atoms with Crippen molar-refractivity contribution in [3.63, 3.8) is 0 Å². The lowest BCUT2D eigenvalue weighted by Crippen LogP contribution is -2.23. The summed E-state index contributed by atoms with van der Waals surface area (Å²) in [7, 11) is 0. The van der Waals surface area contributed by atoms with Gasteiger partial charge in [0.15, 0.2) is 0 Å². The van der Waals surface area contributed by atoms with Crippen LogP contribution in [0, 0.1) is 26.6 Å². The first-order valence-electron chi connectivity index (χ1n) is 6.91. The smallest absolute Gasteiger partial charge is 0.220 e. The van der Waals surface area contributed by atoms with E-state index in [9.17, 15) is 9.18 Å². The van der Waals surface area contributed by atoms with Gasteiger partial charge >= 0.3 is 0 Å². The third kappa shape index (κ3) is 3.90. The Labute approximate surface area is 123 Å². The standard InChI is InChI=1S/C16H19FN2O2/c1-10-8-13(4-6-15(10)17)9-18-16(20)7-5-14-11(2)19-21-12(14)3/h4,6,8H,5,7,9H2,1-3H3,(H,18,20). The fourth-order valence-electron chi connectivity index (χ4n) is 2.20. The molecule has 1 aromatic heterocycles. The van der Waals surface area contributed by atoms with E-state index >= 15 is 0 Å². The van der Waals surface area contributed by atoms with Gasteiger partial charge in [0.25, 0.3) is 0 Å². The zero-order chi connectivity index (χ0) is 15.4. The molecule has 0 saturated heterocycles. The zero-order valence-electron chi connectivity index (χ0n) is 12.5. The van der Waals surface area contributed by atoms with E-state index in [4.69, 9.17) is 4.52 Å². The molecule has 0 aliphatic rings. The predicted octanol–water partition coefficient (Wildman–Crippen LogP) is 2.99. The maximum atomic E-state index is 13.1. The number of amides is 1. The second-order valence-electron chi connectivity index (χ2n) is 5.16. The Kier molecular flexibility index (Phi) is 4.73. The highest BCUT2D eigenvalue weighted by Gasteiger charge is 2.11. The Hall–Kier alpha value is -2.17. The third-order valence-electron chi connectivity index (χ3n) is 3.50. The number of carbonyl (C=O) groups excluding carboxylic acids is 1. The number of halogens is 1. The number of rotatable bonds is 5. The van der Waals surface area contributed by atoms with E-state index in [1.807, 2.05) is 13.8 Å². The lowest BCUT2D eigenvalue weighted by atomic mass is 10.1. The van der Waals surface area contributed by atoms with Crippen LogP contribution in [-0.4, -0.2) is 11.1 Å². The average Bonchev–Trinajstić information content (AvgIpc) is 2.77. The van der Waals surface area contributed by atoms with Crippen molar-refractivity contribution in [3.8, 4) is 0 Å². The maximum Gasteiger partial charge on any atom is 0.220 e. The molecule has 1 amide bonds. The van der Waals surface area contributed by atoms with Crippen molar-refractivity contribution >= 4 is 5.91 Å². The molecule has 5 heteroatoms. The van der Waals surface area contributed by atoms with Gasteiger partial charge < -0.3 is 9.84 Å². The van der Waals surface area contributed by atoms with E-state index in [2.05, 4.69) is 10.5 Å². The number of hydrogen-bond donors (Lipinski definition) is 1. The number of nitrogens with zero attached hydrogens (tertiary/aromatic N) is 1. The van der Waals surface area contributed by atoms with Gasteiger partial charge in [0.2, 0.25) is 5.91 Å². The molecule has 21 heavy (non-hydrogen) atoms. The molecule has 1 heterocycles. The first-order chi connectivity index (χ1) is 9.97. The molecule has 0 atom stereocenters. The van der Waals surface area contributed by atoms with Crippen molar-refractivity contribution in [2.45, 2.75) is 40.2 Å². The van der Waals surface area contributed by atoms with E-state index in [-0.39, 0.29) is 11.7 Å². The quantitative estimate of drug-likeness (QED) is 0.921. The Bertz CT molecular complexity index is 630. The van der Waals surface area contributed by atoms with Gasteiger partial charge in [-0.15, -0.1) is 0 Å². The summed E-state index contributed by atoms with van der Waals surface area (Å²) < 4.78 is 18.2. The summed E-state index contributed by atoms with van der Waals surface area (Å²) >= 11 is 0. The van der Waals surface area contributed by atoms with Gasteiger partial charge in [-0.1, -0.05) is 17.3 Å². The first kappa shape index (κ1) is 15.2. The molecule has 2 rings (SSSR count). The Morgan fingerprint density at radius 2 is 2.10 bits per heavy atom. The van der Waals surface area contributed by atoms with Crippen LogP contribution in [0.25, 0.3) is 0 Å². The van der Waals surface area contributed by atoms with Crippen LogP contribution in [0.2, 0.25) is 0 Å². The van der Waals surface area contributed by atoms with Crippen molar-refractivity contribution in [3.05, 3.63) is 52.2 Å². The van der Waals surface area contributed by atoms with Crippen LogP contribution in [0.1, 0.15) is 34.6 Å². The minimum absolute atomic E-state index is 0.0445. The second kappa shape index (κ2) is 6.52. The molecule has 1 aromatic carbocycles. The molecule has 0 spiro atoms. The predicted molar refractivity (Wildman–Crippen MR) is 77.3 cm³/mol. The number of aryl methyl sites for hydroxylation is 3. The molecule has 2 aromatic rings. The van der Waals surface area contributed by atoms with E-state index in [0.29, 0.717) is 24.9 Å². The monoisotopic (exact) mass is 290 g/mol. The summed E-state index contributed by atoms with van der Waals surface area (Å²) in [6, 6.07) is 4.83. The number of nitrogens with one attached hydrogen (secondary N) is 1. The molecular weight excluding hydrogens is 271 g/mol. The molecule has 1 N–H and O–H groups in total. The minimum atomic E-state index is -0.233. The van der Waals surface area contributed by atoms with Crippen LogP contribution in [0.3, 0.4) is 0 Å². The van der Waals surface area contributed by atoms with Gasteiger partial charge in [-0.05, 0) is 44.4 Å². The van der Waals surface area contributed by atoms with E-state index in [1.54, 1.807) is 19.1 Å². The van der Waals surface area contributed by atoms with Gasteiger partial charge in [0, 0.05) is 18.5 Å². The largest absolute Gasteiger partial charge is 0.361 e. The number of benzene rings is 1. The molecule has 0 bridgehead atoms. The molecule has 0 fully saturated rings. The highest BCUT2D eigenvalue weighted by atomic mass is 19.1. The maximum absolute atomic E-state index is 13.1. The minimum Gasteiger partial charge on any atom is -0.361 e. The van der Waals surface area contributed by atoms with Gasteiger partial charge in [-0.25, -0.2) is 4.39 Å². The van der Waals surface area contributed by atoms with Crippen molar-refractivity contribution < 1.29 is 13.7 Å². The molecule has 0 saturated carbocycles. The fraction of sp³-hybridized carbons (Fsp3) is 0.375. The average molecular weight is 290 g/mol. The second-order valence-corrected chi connectivity index (χ2v) is 5.16. The first-order valence-corrected chi connectivity index (χ1v) is 6.91. The third-order valence-corrected chi connectivity index (χ3v) is 3.50. The molecule has 4 nitrogen and oxygen atoms in total. The van der Waals surface area contributed by atoms with Gasteiger partial charge in [0.05, 0.1) is 5.69 Å². The lowest BCUT2D eigenvalue weighted by Gasteiger charge is -2.06. The van der Waals surface area contributed by atoms with Crippen molar-refractivity contribution in [2.75, 3.05) is 0 Å². The Balaban J connectivity index is 1.83. The summed E-state index contributed by atoms with van der Waals surface area (Å²) in [6.07, 6.45) is 0.985. The Morgan fingerprint density at radius 1 is 1.33 bits per heavy atom. The van der Waals surface area contributed by atoms with Gasteiger partial charge in [-0.3, -0.25) is 4.79 Å². The summed E-state index contributed by atoms with van der Waals surface area (Å²) in [5.41, 5.74) is 3.29. The van der Waals surface area contributed by atoms with Crippen LogP contribution in [0.4, 0.5) is 4.39 Å². The highest BCUT2D eigenvalue weighted by Crippen LogP contribution is 2.14. The van der Waals surface area contributed by atoms with Crippen LogP contribution in [0.15, 0.2) is 22.7 Å². The number of carbonyl (C=O) groups is 1. The fourth-order valence-corrected chi connectivity index (χ4v) is 2.20. The van der Waals surface area contributed by atoms with Gasteiger partial charge in [0.1, 0.15) is 11.6 Å². The summed E-state index contributed by atoms with van der Waals surface area (Å²) in [6.45, 7) is 5.82. The van der Waals surface area contributed by atoms with Crippen molar-refractivity contribution in [1.29, 1.82) is 0 Å². The van der Waals surface area contributed by atoms with Crippen LogP contribution in [0.5, 0.6) is 0 Å². The van der Waals surface area contributed by atoms with Crippen molar-refractivity contribution in [1.82, 2.24) is 10.5 Å². The molecule has 0 aliphatic heterocycles. The topological polar surface area (TPSA) is 55.1 Å².